The Morgan fingerprint density at radius 3 is 1.48 bits per heavy atom. The second-order valence-corrected chi connectivity index (χ2v) is 11.7. The SMILES string of the molecule is CC1=Cc2cccc(-c3ccccc3)c2C1C(c1ccccc1)(c1ccccc1)C1c2ccccc2-c2ccccc21. The monoisotopic (exact) mass is 536 g/mol. The van der Waals surface area contributed by atoms with Crippen LogP contribution in [0.3, 0.4) is 0 Å². The molecule has 0 bridgehead atoms. The van der Waals surface area contributed by atoms with E-state index in [9.17, 15) is 0 Å². The minimum Gasteiger partial charge on any atom is -0.0639 e. The van der Waals surface area contributed by atoms with Crippen molar-refractivity contribution in [2.45, 2.75) is 24.2 Å². The van der Waals surface area contributed by atoms with Crippen molar-refractivity contribution in [3.63, 3.8) is 0 Å². The van der Waals surface area contributed by atoms with E-state index in [2.05, 4.69) is 171 Å². The molecule has 0 saturated heterocycles. The fraction of sp³-hybridized carbons (Fsp3) is 0.0952. The van der Waals surface area contributed by atoms with Gasteiger partial charge in [0.2, 0.25) is 0 Å². The zero-order chi connectivity index (χ0) is 28.1. The van der Waals surface area contributed by atoms with Crippen LogP contribution in [0.5, 0.6) is 0 Å². The number of hydrogen-bond acceptors (Lipinski definition) is 0. The average molecular weight is 537 g/mol. The van der Waals surface area contributed by atoms with E-state index in [1.807, 2.05) is 0 Å². The van der Waals surface area contributed by atoms with Crippen LogP contribution >= 0.6 is 0 Å². The smallest absolute Gasteiger partial charge is 0.0418 e. The van der Waals surface area contributed by atoms with Gasteiger partial charge in [0.15, 0.2) is 0 Å². The summed E-state index contributed by atoms with van der Waals surface area (Å²) in [6, 6.07) is 58.6. The van der Waals surface area contributed by atoms with Gasteiger partial charge in [-0.2, -0.15) is 0 Å². The molecular weight excluding hydrogens is 504 g/mol. The summed E-state index contributed by atoms with van der Waals surface area (Å²) in [7, 11) is 0. The highest BCUT2D eigenvalue weighted by Gasteiger charge is 2.55. The molecule has 0 spiro atoms. The molecule has 0 radical (unpaired) electrons. The number of rotatable bonds is 5. The quantitative estimate of drug-likeness (QED) is 0.206. The number of benzene rings is 6. The fourth-order valence-electron chi connectivity index (χ4n) is 8.12. The molecule has 0 aromatic heterocycles. The lowest BCUT2D eigenvalue weighted by Crippen LogP contribution is -2.41. The molecule has 1 atom stereocenters. The predicted octanol–water partition coefficient (Wildman–Crippen LogP) is 10.7. The van der Waals surface area contributed by atoms with Crippen LogP contribution in [0.4, 0.5) is 0 Å². The van der Waals surface area contributed by atoms with E-state index in [1.165, 1.54) is 61.2 Å². The predicted molar refractivity (Wildman–Crippen MR) is 176 cm³/mol. The van der Waals surface area contributed by atoms with Crippen molar-refractivity contribution in [3.05, 3.63) is 197 Å². The Hall–Kier alpha value is -4.94. The zero-order valence-corrected chi connectivity index (χ0v) is 23.7. The van der Waals surface area contributed by atoms with Gasteiger partial charge in [-0.05, 0) is 62.6 Å². The van der Waals surface area contributed by atoms with Crippen molar-refractivity contribution in [2.75, 3.05) is 0 Å². The summed E-state index contributed by atoms with van der Waals surface area (Å²) in [6.07, 6.45) is 2.44. The Morgan fingerprint density at radius 1 is 0.429 bits per heavy atom. The van der Waals surface area contributed by atoms with Crippen LogP contribution in [0.2, 0.25) is 0 Å². The van der Waals surface area contributed by atoms with Gasteiger partial charge >= 0.3 is 0 Å². The second-order valence-electron chi connectivity index (χ2n) is 11.7. The molecule has 1 unspecified atom stereocenters. The molecule has 8 rings (SSSR count). The molecule has 0 aliphatic heterocycles. The van der Waals surface area contributed by atoms with Gasteiger partial charge in [-0.15, -0.1) is 0 Å². The Labute approximate surface area is 248 Å². The number of hydrogen-bond donors (Lipinski definition) is 0. The van der Waals surface area contributed by atoms with Crippen LogP contribution in [0.1, 0.15) is 52.1 Å². The molecule has 6 aromatic rings. The highest BCUT2D eigenvalue weighted by molar-refractivity contribution is 5.84. The van der Waals surface area contributed by atoms with E-state index in [1.54, 1.807) is 0 Å². The molecule has 0 heteroatoms. The van der Waals surface area contributed by atoms with Crippen LogP contribution < -0.4 is 0 Å². The Kier molecular flexibility index (Phi) is 5.83. The Bertz CT molecular complexity index is 1840. The summed E-state index contributed by atoms with van der Waals surface area (Å²) in [5.74, 6) is 0.246. The summed E-state index contributed by atoms with van der Waals surface area (Å²) in [4.78, 5) is 0. The van der Waals surface area contributed by atoms with Gasteiger partial charge in [0.05, 0.1) is 0 Å². The maximum absolute atomic E-state index is 2.44. The topological polar surface area (TPSA) is 0 Å². The summed E-state index contributed by atoms with van der Waals surface area (Å²) < 4.78 is 0. The fourth-order valence-corrected chi connectivity index (χ4v) is 8.12. The van der Waals surface area contributed by atoms with Gasteiger partial charge in [0.1, 0.15) is 0 Å². The number of allylic oxidation sites excluding steroid dienone is 1. The van der Waals surface area contributed by atoms with Crippen LogP contribution in [0.15, 0.2) is 163 Å². The molecular formula is C42H32. The summed E-state index contributed by atoms with van der Waals surface area (Å²) in [5, 5.41) is 0. The van der Waals surface area contributed by atoms with Crippen LogP contribution in [-0.2, 0) is 5.41 Å². The summed E-state index contributed by atoms with van der Waals surface area (Å²) >= 11 is 0. The summed E-state index contributed by atoms with van der Waals surface area (Å²) in [6.45, 7) is 2.35. The minimum absolute atomic E-state index is 0.123. The number of fused-ring (bicyclic) bond motifs is 4. The standard InChI is InChI=1S/C42H32/c1-29-28-31-18-15-27-34(30-16-5-2-6-17-30)39(31)40(29)42(32-19-7-3-8-20-32,33-21-9-4-10-22-33)41-37-25-13-11-23-35(37)36-24-12-14-26-38(36)41/h2-28,40-41H,1H3. The normalized spacial score (nSPS) is 15.5. The average Bonchev–Trinajstić information content (AvgIpc) is 3.58. The maximum Gasteiger partial charge on any atom is 0.0418 e. The van der Waals surface area contributed by atoms with E-state index >= 15 is 0 Å². The second kappa shape index (κ2) is 9.86. The first kappa shape index (κ1) is 24.8. The third-order valence-electron chi connectivity index (χ3n) is 9.60. The van der Waals surface area contributed by atoms with Crippen molar-refractivity contribution in [2.24, 2.45) is 0 Å². The molecule has 0 saturated carbocycles. The third-order valence-corrected chi connectivity index (χ3v) is 9.60. The first-order valence-electron chi connectivity index (χ1n) is 14.9. The van der Waals surface area contributed by atoms with E-state index < -0.39 is 5.41 Å². The molecule has 6 aromatic carbocycles. The van der Waals surface area contributed by atoms with Crippen molar-refractivity contribution in [1.29, 1.82) is 0 Å². The van der Waals surface area contributed by atoms with Crippen LogP contribution in [0.25, 0.3) is 28.3 Å². The highest BCUT2D eigenvalue weighted by Crippen LogP contribution is 2.65. The van der Waals surface area contributed by atoms with Gasteiger partial charge in [0.25, 0.3) is 0 Å². The lowest BCUT2D eigenvalue weighted by molar-refractivity contribution is 0.406. The minimum atomic E-state index is -0.401. The first-order valence-corrected chi connectivity index (χ1v) is 14.9. The van der Waals surface area contributed by atoms with E-state index in [-0.39, 0.29) is 11.8 Å². The highest BCUT2D eigenvalue weighted by atomic mass is 14.6. The van der Waals surface area contributed by atoms with Crippen LogP contribution in [0, 0.1) is 0 Å². The van der Waals surface area contributed by atoms with E-state index in [0.29, 0.717) is 0 Å². The van der Waals surface area contributed by atoms with Crippen molar-refractivity contribution in [1.82, 2.24) is 0 Å². The van der Waals surface area contributed by atoms with Crippen molar-refractivity contribution < 1.29 is 0 Å². The molecule has 0 heterocycles. The first-order chi connectivity index (χ1) is 20.8. The van der Waals surface area contributed by atoms with Gasteiger partial charge in [0, 0.05) is 17.3 Å². The molecule has 2 aliphatic rings. The van der Waals surface area contributed by atoms with Gasteiger partial charge < -0.3 is 0 Å². The molecule has 0 fully saturated rings. The van der Waals surface area contributed by atoms with E-state index in [4.69, 9.17) is 0 Å². The molecule has 2 aliphatic carbocycles. The van der Waals surface area contributed by atoms with E-state index in [0.717, 1.165) is 0 Å². The summed E-state index contributed by atoms with van der Waals surface area (Å²) in [5.41, 5.74) is 14.6. The lowest BCUT2D eigenvalue weighted by atomic mass is 9.54. The molecule has 42 heavy (non-hydrogen) atoms. The lowest BCUT2D eigenvalue weighted by Gasteiger charge is -2.47. The molecule has 0 amide bonds. The van der Waals surface area contributed by atoms with Gasteiger partial charge in [-0.1, -0.05) is 169 Å². The Balaban J connectivity index is 1.54. The van der Waals surface area contributed by atoms with Crippen molar-refractivity contribution >= 4 is 6.08 Å². The third kappa shape index (κ3) is 3.55. The zero-order valence-electron chi connectivity index (χ0n) is 23.7. The Morgan fingerprint density at radius 2 is 0.905 bits per heavy atom. The van der Waals surface area contributed by atoms with Crippen molar-refractivity contribution in [3.8, 4) is 22.3 Å². The van der Waals surface area contributed by atoms with Gasteiger partial charge in [-0.3, -0.25) is 0 Å². The van der Waals surface area contributed by atoms with Crippen LogP contribution in [-0.4, -0.2) is 0 Å². The maximum atomic E-state index is 2.44. The molecule has 0 nitrogen and oxygen atoms in total. The molecule has 0 N–H and O–H groups in total. The van der Waals surface area contributed by atoms with Gasteiger partial charge in [-0.25, -0.2) is 0 Å². The largest absolute Gasteiger partial charge is 0.0639 e. The molecule has 200 valence electrons.